The molecule has 0 aromatic rings. The molecule has 2 bridgehead atoms. The summed E-state index contributed by atoms with van der Waals surface area (Å²) in [6.07, 6.45) is 9.58. The molecule has 3 fully saturated rings. The Morgan fingerprint density at radius 2 is 1.53 bits per heavy atom. The number of fused-ring (bicyclic) bond motifs is 3. The minimum Gasteiger partial charge on any atom is -0.299 e. The van der Waals surface area contributed by atoms with E-state index in [1.54, 1.807) is 6.07 Å². The molecule has 0 unspecified atom stereocenters. The molecule has 3 aliphatic carbocycles. The van der Waals surface area contributed by atoms with Gasteiger partial charge in [-0.25, -0.2) is 0 Å². The molecule has 0 heterocycles. The van der Waals surface area contributed by atoms with Gasteiger partial charge in [0.25, 0.3) is 0 Å². The Kier molecular flexibility index (Phi) is 4.74. The normalized spacial score (nSPS) is 34.5. The van der Waals surface area contributed by atoms with Gasteiger partial charge in [-0.2, -0.15) is 5.26 Å². The fourth-order valence-corrected chi connectivity index (χ4v) is 3.59. The summed E-state index contributed by atoms with van der Waals surface area (Å²) >= 11 is 0. The van der Waals surface area contributed by atoms with Crippen LogP contribution in [0.25, 0.3) is 0 Å². The van der Waals surface area contributed by atoms with E-state index in [1.165, 1.54) is 51.9 Å². The maximum absolute atomic E-state index is 11.9. The van der Waals surface area contributed by atoms with Crippen LogP contribution in [-0.2, 0) is 4.79 Å². The van der Waals surface area contributed by atoms with Crippen LogP contribution in [0.5, 0.6) is 0 Å². The van der Waals surface area contributed by atoms with Crippen LogP contribution >= 0.6 is 0 Å². The van der Waals surface area contributed by atoms with Gasteiger partial charge in [-0.1, -0.05) is 20.3 Å². The summed E-state index contributed by atoms with van der Waals surface area (Å²) < 4.78 is 0. The smallest absolute Gasteiger partial charge is 0.138 e. The molecule has 0 amide bonds. The molecule has 3 saturated carbocycles. The Morgan fingerprint density at radius 1 is 1.12 bits per heavy atom. The lowest BCUT2D eigenvalue weighted by molar-refractivity contribution is -0.137. The number of hydrogen-bond donors (Lipinski definition) is 0. The van der Waals surface area contributed by atoms with Crippen LogP contribution in [0.1, 0.15) is 72.1 Å². The van der Waals surface area contributed by atoms with Gasteiger partial charge in [-0.3, -0.25) is 4.79 Å². The van der Waals surface area contributed by atoms with Crippen molar-refractivity contribution in [2.75, 3.05) is 0 Å². The predicted octanol–water partition coefficient (Wildman–Crippen LogP) is 4.25. The van der Waals surface area contributed by atoms with E-state index in [9.17, 15) is 4.79 Å². The van der Waals surface area contributed by atoms with Crippen molar-refractivity contribution < 1.29 is 4.79 Å². The fraction of sp³-hybridized carbons (Fsp3) is 0.867. The van der Waals surface area contributed by atoms with E-state index in [0.29, 0.717) is 11.2 Å². The summed E-state index contributed by atoms with van der Waals surface area (Å²) in [7, 11) is 0. The van der Waals surface area contributed by atoms with Crippen molar-refractivity contribution in [1.29, 1.82) is 5.26 Å². The van der Waals surface area contributed by atoms with Crippen molar-refractivity contribution in [3.05, 3.63) is 0 Å². The second kappa shape index (κ2) is 5.67. The summed E-state index contributed by atoms with van der Waals surface area (Å²) in [4.78, 5) is 11.9. The standard InChI is InChI=1S/C13H22O.C2H3N/c1-3-11(14)13-8-5-12(4-2,6-9-13)7-10-13;1-2-3/h3-10H2,1-2H3;1H3. The number of carbonyl (C=O) groups excluding carboxylic acids is 1. The molecule has 0 N–H and O–H groups in total. The summed E-state index contributed by atoms with van der Waals surface area (Å²) in [5.41, 5.74) is 0.765. The van der Waals surface area contributed by atoms with E-state index in [1.807, 2.05) is 6.92 Å². The average molecular weight is 235 g/mol. The summed E-state index contributed by atoms with van der Waals surface area (Å²) in [5, 5.41) is 7.32. The first-order chi connectivity index (χ1) is 8.08. The third-order valence-corrected chi connectivity index (χ3v) is 5.06. The minimum absolute atomic E-state index is 0.131. The van der Waals surface area contributed by atoms with Gasteiger partial charge in [-0.05, 0) is 43.9 Å². The lowest BCUT2D eigenvalue weighted by Crippen LogP contribution is -2.45. The zero-order valence-electron chi connectivity index (χ0n) is 11.5. The average Bonchev–Trinajstić information content (AvgIpc) is 2.41. The molecule has 3 rings (SSSR count). The van der Waals surface area contributed by atoms with E-state index in [4.69, 9.17) is 5.26 Å². The van der Waals surface area contributed by atoms with Crippen molar-refractivity contribution in [3.8, 4) is 6.07 Å². The maximum atomic E-state index is 11.9. The quantitative estimate of drug-likeness (QED) is 0.734. The largest absolute Gasteiger partial charge is 0.299 e. The maximum Gasteiger partial charge on any atom is 0.138 e. The zero-order chi connectivity index (χ0) is 12.9. The molecule has 0 radical (unpaired) electrons. The summed E-state index contributed by atoms with van der Waals surface area (Å²) in [6.45, 7) is 5.77. The second-order valence-corrected chi connectivity index (χ2v) is 5.63. The van der Waals surface area contributed by atoms with Crippen LogP contribution < -0.4 is 0 Å². The molecule has 2 nitrogen and oxygen atoms in total. The monoisotopic (exact) mass is 235 g/mol. The third kappa shape index (κ3) is 2.70. The lowest BCUT2D eigenvalue weighted by Gasteiger charge is -2.52. The number of ketones is 1. The van der Waals surface area contributed by atoms with Crippen LogP contribution in [0.4, 0.5) is 0 Å². The van der Waals surface area contributed by atoms with Gasteiger partial charge in [-0.15, -0.1) is 0 Å². The van der Waals surface area contributed by atoms with Gasteiger partial charge >= 0.3 is 0 Å². The Morgan fingerprint density at radius 3 is 1.82 bits per heavy atom. The molecule has 2 heteroatoms. The number of rotatable bonds is 3. The molecule has 0 aromatic heterocycles. The summed E-state index contributed by atoms with van der Waals surface area (Å²) in [6, 6.07) is 1.75. The molecule has 0 saturated heterocycles. The molecule has 0 aromatic carbocycles. The number of nitrogens with zero attached hydrogens (tertiary/aromatic N) is 1. The highest BCUT2D eigenvalue weighted by Gasteiger charge is 2.50. The molecule has 0 spiro atoms. The molecule has 0 atom stereocenters. The third-order valence-electron chi connectivity index (χ3n) is 5.06. The Bertz CT molecular complexity index is 289. The number of Topliss-reactive ketones (excluding diaryl/α,β-unsaturated/α-hetero) is 1. The van der Waals surface area contributed by atoms with Crippen molar-refractivity contribution in [2.45, 2.75) is 72.1 Å². The van der Waals surface area contributed by atoms with E-state index in [0.717, 1.165) is 6.42 Å². The van der Waals surface area contributed by atoms with Crippen molar-refractivity contribution in [1.82, 2.24) is 0 Å². The predicted molar refractivity (Wildman–Crippen MR) is 69.4 cm³/mol. The minimum atomic E-state index is 0.131. The topological polar surface area (TPSA) is 40.9 Å². The molecule has 96 valence electrons. The number of hydrogen-bond acceptors (Lipinski definition) is 2. The molecule has 0 aliphatic heterocycles. The highest BCUT2D eigenvalue weighted by atomic mass is 16.1. The number of nitriles is 1. The van der Waals surface area contributed by atoms with E-state index in [2.05, 4.69) is 6.92 Å². The highest BCUT2D eigenvalue weighted by molar-refractivity contribution is 5.84. The highest BCUT2D eigenvalue weighted by Crippen LogP contribution is 2.58. The molecular formula is C15H25NO. The van der Waals surface area contributed by atoms with Crippen LogP contribution in [0.3, 0.4) is 0 Å². The van der Waals surface area contributed by atoms with E-state index >= 15 is 0 Å². The van der Waals surface area contributed by atoms with Crippen molar-refractivity contribution in [2.24, 2.45) is 10.8 Å². The van der Waals surface area contributed by atoms with E-state index < -0.39 is 0 Å². The van der Waals surface area contributed by atoms with E-state index in [-0.39, 0.29) is 5.41 Å². The Hall–Kier alpha value is -0.840. The van der Waals surface area contributed by atoms with Gasteiger partial charge in [0.1, 0.15) is 5.78 Å². The van der Waals surface area contributed by atoms with Crippen molar-refractivity contribution >= 4 is 5.78 Å². The van der Waals surface area contributed by atoms with Crippen LogP contribution in [-0.4, -0.2) is 5.78 Å². The lowest BCUT2D eigenvalue weighted by atomic mass is 9.51. The molecular weight excluding hydrogens is 210 g/mol. The van der Waals surface area contributed by atoms with Gasteiger partial charge < -0.3 is 0 Å². The fourth-order valence-electron chi connectivity index (χ4n) is 3.59. The van der Waals surface area contributed by atoms with Gasteiger partial charge in [0, 0.05) is 18.8 Å². The van der Waals surface area contributed by atoms with Gasteiger partial charge in [0.15, 0.2) is 0 Å². The number of carbonyl (C=O) groups is 1. The summed E-state index contributed by atoms with van der Waals surface area (Å²) in [5.74, 6) is 0.543. The first kappa shape index (κ1) is 14.2. The van der Waals surface area contributed by atoms with Gasteiger partial charge in [0.05, 0.1) is 6.07 Å². The zero-order valence-corrected chi connectivity index (χ0v) is 11.5. The van der Waals surface area contributed by atoms with Crippen LogP contribution in [0, 0.1) is 22.2 Å². The first-order valence-electron chi connectivity index (χ1n) is 6.92. The molecule has 17 heavy (non-hydrogen) atoms. The molecule has 3 aliphatic rings. The van der Waals surface area contributed by atoms with Crippen LogP contribution in [0.15, 0.2) is 0 Å². The van der Waals surface area contributed by atoms with Crippen molar-refractivity contribution in [3.63, 3.8) is 0 Å². The Labute approximate surface area is 105 Å². The second-order valence-electron chi connectivity index (χ2n) is 5.63. The SMILES string of the molecule is CC#N.CCC(=O)C12CCC(CC)(CC1)CC2. The first-order valence-corrected chi connectivity index (χ1v) is 6.92. The van der Waals surface area contributed by atoms with Gasteiger partial charge in [0.2, 0.25) is 0 Å². The van der Waals surface area contributed by atoms with Crippen LogP contribution in [0.2, 0.25) is 0 Å². The Balaban J connectivity index is 0.000000437.